The van der Waals surface area contributed by atoms with Gasteiger partial charge in [-0.25, -0.2) is 0 Å². The first-order chi connectivity index (χ1) is 9.68. The first-order valence-corrected chi connectivity index (χ1v) is 7.70. The predicted octanol–water partition coefficient (Wildman–Crippen LogP) is 3.52. The van der Waals surface area contributed by atoms with Crippen LogP contribution in [0.3, 0.4) is 0 Å². The minimum absolute atomic E-state index is 0.149. The highest BCUT2D eigenvalue weighted by atomic mass is 79.9. The number of benzene rings is 1. The topological polar surface area (TPSA) is 46.2 Å². The van der Waals surface area contributed by atoms with E-state index >= 15 is 0 Å². The van der Waals surface area contributed by atoms with Crippen LogP contribution in [0.15, 0.2) is 52.0 Å². The molecule has 100 valence electrons. The molecule has 0 radical (unpaired) electrons. The molecule has 0 amide bonds. The monoisotopic (exact) mass is 347 g/mol. The van der Waals surface area contributed by atoms with Crippen LogP contribution in [0.4, 0.5) is 0 Å². The lowest BCUT2D eigenvalue weighted by molar-refractivity contribution is 0.0976. The Labute approximate surface area is 128 Å². The van der Waals surface area contributed by atoms with Gasteiger partial charge in [0.05, 0.1) is 4.48 Å². The summed E-state index contributed by atoms with van der Waals surface area (Å²) in [5.41, 5.74) is 1.24. The lowest BCUT2D eigenvalue weighted by Crippen LogP contribution is -2.28. The highest BCUT2D eigenvalue weighted by Crippen LogP contribution is 2.28. The van der Waals surface area contributed by atoms with Crippen LogP contribution < -0.4 is 5.32 Å². The number of fused-ring (bicyclic) bond motifs is 1. The van der Waals surface area contributed by atoms with E-state index in [1.54, 1.807) is 35.6 Å². The van der Waals surface area contributed by atoms with Crippen LogP contribution in [0, 0.1) is 0 Å². The maximum Gasteiger partial charge on any atom is 0.210 e. The molecular formula is C15H10BrNO2S. The Morgan fingerprint density at radius 3 is 2.35 bits per heavy atom. The lowest BCUT2D eigenvalue weighted by atomic mass is 9.92. The van der Waals surface area contributed by atoms with Crippen molar-refractivity contribution in [1.29, 1.82) is 0 Å². The second-order valence-corrected chi connectivity index (χ2v) is 6.15. The number of nitrogens with one attached hydrogen (secondary N) is 1. The molecule has 1 aliphatic rings. The summed E-state index contributed by atoms with van der Waals surface area (Å²) >= 11 is 4.85. The van der Waals surface area contributed by atoms with E-state index in [0.717, 1.165) is 4.88 Å². The van der Waals surface area contributed by atoms with Gasteiger partial charge in [0.1, 0.15) is 5.70 Å². The van der Waals surface area contributed by atoms with Crippen molar-refractivity contribution in [3.63, 3.8) is 0 Å². The molecule has 0 atom stereocenters. The second-order valence-electron chi connectivity index (χ2n) is 4.33. The summed E-state index contributed by atoms with van der Waals surface area (Å²) in [6.07, 6.45) is 0. The Morgan fingerprint density at radius 2 is 1.70 bits per heavy atom. The van der Waals surface area contributed by atoms with Crippen molar-refractivity contribution in [3.05, 3.63) is 68.0 Å². The molecule has 1 heterocycles. The highest BCUT2D eigenvalue weighted by Gasteiger charge is 2.30. The average Bonchev–Trinajstić information content (AvgIpc) is 2.98. The molecule has 5 heteroatoms. The number of halogens is 1. The van der Waals surface area contributed by atoms with Gasteiger partial charge in [0.25, 0.3) is 0 Å². The largest absolute Gasteiger partial charge is 0.376 e. The van der Waals surface area contributed by atoms with Gasteiger partial charge >= 0.3 is 0 Å². The van der Waals surface area contributed by atoms with Crippen molar-refractivity contribution < 1.29 is 9.59 Å². The van der Waals surface area contributed by atoms with E-state index in [0.29, 0.717) is 27.9 Å². The molecule has 0 bridgehead atoms. The third kappa shape index (κ3) is 2.23. The van der Waals surface area contributed by atoms with Crippen molar-refractivity contribution in [1.82, 2.24) is 5.32 Å². The van der Waals surface area contributed by atoms with Gasteiger partial charge in [0.2, 0.25) is 11.6 Å². The fourth-order valence-corrected chi connectivity index (χ4v) is 3.27. The van der Waals surface area contributed by atoms with Crippen molar-refractivity contribution in [2.45, 2.75) is 6.54 Å². The summed E-state index contributed by atoms with van der Waals surface area (Å²) in [5.74, 6) is -0.308. The minimum atomic E-state index is -0.158. The highest BCUT2D eigenvalue weighted by molar-refractivity contribution is 9.12. The molecule has 0 aliphatic heterocycles. The Kier molecular flexibility index (Phi) is 3.54. The van der Waals surface area contributed by atoms with Gasteiger partial charge in [-0.05, 0) is 27.4 Å². The molecule has 1 aromatic heterocycles. The third-order valence-corrected chi connectivity index (χ3v) is 4.71. The van der Waals surface area contributed by atoms with Gasteiger partial charge in [0, 0.05) is 22.5 Å². The summed E-state index contributed by atoms with van der Waals surface area (Å²) < 4.78 is 0.303. The summed E-state index contributed by atoms with van der Waals surface area (Å²) in [5, 5.41) is 5.04. The number of Topliss-reactive ketones (excluding diaryl/α,β-unsaturated/α-hetero) is 2. The Hall–Kier alpha value is -1.72. The van der Waals surface area contributed by atoms with Crippen LogP contribution in [0.2, 0.25) is 0 Å². The van der Waals surface area contributed by atoms with E-state index in [2.05, 4.69) is 21.2 Å². The number of allylic oxidation sites excluding steroid dienone is 2. The molecule has 0 saturated heterocycles. The molecule has 0 spiro atoms. The van der Waals surface area contributed by atoms with Gasteiger partial charge in [-0.1, -0.05) is 30.3 Å². The van der Waals surface area contributed by atoms with Crippen LogP contribution in [0.25, 0.3) is 0 Å². The molecule has 3 rings (SSSR count). The zero-order chi connectivity index (χ0) is 14.1. The van der Waals surface area contributed by atoms with Gasteiger partial charge < -0.3 is 5.32 Å². The standard InChI is InChI=1S/C15H10BrNO2S/c16-12-13(17-8-9-4-3-7-20-9)15(19)11-6-2-1-5-10(11)14(12)18/h1-7,17H,8H2. The predicted molar refractivity (Wildman–Crippen MR) is 82.2 cm³/mol. The first-order valence-electron chi connectivity index (χ1n) is 6.03. The fourth-order valence-electron chi connectivity index (χ4n) is 2.09. The van der Waals surface area contributed by atoms with Gasteiger partial charge in [-0.15, -0.1) is 11.3 Å². The maximum atomic E-state index is 12.4. The zero-order valence-corrected chi connectivity index (χ0v) is 12.8. The zero-order valence-electron chi connectivity index (χ0n) is 10.4. The minimum Gasteiger partial charge on any atom is -0.376 e. The number of rotatable bonds is 3. The van der Waals surface area contributed by atoms with Gasteiger partial charge in [0.15, 0.2) is 0 Å². The van der Waals surface area contributed by atoms with E-state index in [9.17, 15) is 9.59 Å². The van der Waals surface area contributed by atoms with Crippen molar-refractivity contribution in [2.75, 3.05) is 0 Å². The number of carbonyl (C=O) groups is 2. The molecule has 20 heavy (non-hydrogen) atoms. The smallest absolute Gasteiger partial charge is 0.210 e. The molecule has 0 fully saturated rings. The molecule has 1 aliphatic carbocycles. The molecule has 0 unspecified atom stereocenters. The van der Waals surface area contributed by atoms with E-state index in [1.165, 1.54) is 0 Å². The van der Waals surface area contributed by atoms with Crippen LogP contribution in [-0.4, -0.2) is 11.6 Å². The fraction of sp³-hybridized carbons (Fsp3) is 0.0667. The number of ketones is 2. The van der Waals surface area contributed by atoms with Crippen molar-refractivity contribution in [3.8, 4) is 0 Å². The first kappa shape index (κ1) is 13.3. The lowest BCUT2D eigenvalue weighted by Gasteiger charge is -2.18. The maximum absolute atomic E-state index is 12.4. The van der Waals surface area contributed by atoms with Crippen LogP contribution in [-0.2, 0) is 6.54 Å². The van der Waals surface area contributed by atoms with Crippen LogP contribution in [0.5, 0.6) is 0 Å². The molecule has 1 N–H and O–H groups in total. The average molecular weight is 348 g/mol. The third-order valence-electron chi connectivity index (χ3n) is 3.08. The molecule has 1 aromatic carbocycles. The number of hydrogen-bond donors (Lipinski definition) is 1. The summed E-state index contributed by atoms with van der Waals surface area (Å²) in [6.45, 7) is 0.531. The van der Waals surface area contributed by atoms with Crippen molar-refractivity contribution >= 4 is 38.8 Å². The molecular weight excluding hydrogens is 338 g/mol. The quantitative estimate of drug-likeness (QED) is 0.923. The number of hydrogen-bond acceptors (Lipinski definition) is 4. The van der Waals surface area contributed by atoms with Gasteiger partial charge in [-0.2, -0.15) is 0 Å². The normalized spacial score (nSPS) is 14.4. The number of thiophene rings is 1. The Balaban J connectivity index is 1.93. The molecule has 2 aromatic rings. The summed E-state index contributed by atoms with van der Waals surface area (Å²) in [7, 11) is 0. The Morgan fingerprint density at radius 1 is 1.00 bits per heavy atom. The van der Waals surface area contributed by atoms with E-state index in [-0.39, 0.29) is 11.6 Å². The van der Waals surface area contributed by atoms with Crippen LogP contribution in [0.1, 0.15) is 25.6 Å². The van der Waals surface area contributed by atoms with Crippen LogP contribution >= 0.6 is 27.3 Å². The SMILES string of the molecule is O=C1C(Br)=C(NCc2cccs2)C(=O)c2ccccc21. The Bertz CT molecular complexity index is 719. The van der Waals surface area contributed by atoms with E-state index < -0.39 is 0 Å². The number of carbonyl (C=O) groups excluding carboxylic acids is 2. The summed E-state index contributed by atoms with van der Waals surface area (Å²) in [6, 6.07) is 10.8. The second kappa shape index (κ2) is 5.34. The molecule has 3 nitrogen and oxygen atoms in total. The van der Waals surface area contributed by atoms with Gasteiger partial charge in [-0.3, -0.25) is 9.59 Å². The summed E-state index contributed by atoms with van der Waals surface area (Å²) in [4.78, 5) is 25.8. The molecule has 0 saturated carbocycles. The van der Waals surface area contributed by atoms with E-state index in [4.69, 9.17) is 0 Å². The van der Waals surface area contributed by atoms with E-state index in [1.807, 2.05) is 17.5 Å². The van der Waals surface area contributed by atoms with Crippen molar-refractivity contribution in [2.24, 2.45) is 0 Å².